The van der Waals surface area contributed by atoms with E-state index in [0.29, 0.717) is 22.4 Å². The van der Waals surface area contributed by atoms with Crippen molar-refractivity contribution in [3.63, 3.8) is 0 Å². The van der Waals surface area contributed by atoms with Crippen LogP contribution in [0, 0.1) is 0 Å². The minimum atomic E-state index is -1.04. The van der Waals surface area contributed by atoms with Gasteiger partial charge in [-0.3, -0.25) is 0 Å². The van der Waals surface area contributed by atoms with Gasteiger partial charge in [0, 0.05) is 25.9 Å². The molecule has 1 fully saturated rings. The van der Waals surface area contributed by atoms with E-state index in [9.17, 15) is 15.3 Å². The molecule has 1 aliphatic rings. The molecule has 0 unspecified atom stereocenters. The maximum absolute atomic E-state index is 10.2. The van der Waals surface area contributed by atoms with E-state index in [-0.39, 0.29) is 6.61 Å². The maximum atomic E-state index is 10.2. The summed E-state index contributed by atoms with van der Waals surface area (Å²) in [7, 11) is 3.72. The Kier molecular flexibility index (Phi) is 4.26. The summed E-state index contributed by atoms with van der Waals surface area (Å²) in [5.41, 5.74) is 1.97. The summed E-state index contributed by atoms with van der Waals surface area (Å²) in [6, 6.07) is -1.11. The lowest BCUT2D eigenvalue weighted by atomic mass is 10.0. The van der Waals surface area contributed by atoms with Crippen LogP contribution in [0.3, 0.4) is 0 Å². The average Bonchev–Trinajstić information content (AvgIpc) is 3.08. The zero-order valence-corrected chi connectivity index (χ0v) is 12.9. The number of hydrogen-bond acceptors (Lipinski definition) is 7. The number of aliphatic hydroxyl groups excluding tert-OH is 3. The Morgan fingerprint density at radius 1 is 1.30 bits per heavy atom. The fraction of sp³-hybridized carbons (Fsp3) is 0.500. The second-order valence-electron chi connectivity index (χ2n) is 5.79. The molecule has 23 heavy (non-hydrogen) atoms. The number of hydrogen-bond donors (Lipinski definition) is 5. The Balaban J connectivity index is 1.99. The van der Waals surface area contributed by atoms with Crippen LogP contribution in [0.5, 0.6) is 0 Å². The van der Waals surface area contributed by atoms with Gasteiger partial charge in [0.15, 0.2) is 5.82 Å². The zero-order chi connectivity index (χ0) is 16.6. The highest BCUT2D eigenvalue weighted by Crippen LogP contribution is 2.33. The SMILES string of the molecule is CN(C)C=Nc1ncnc2c([C@@H]3N[C@H](CO)[C@@H](O)[C@H]3O)c[nH]c12. The van der Waals surface area contributed by atoms with E-state index in [1.165, 1.54) is 6.33 Å². The topological polar surface area (TPSA) is 130 Å². The summed E-state index contributed by atoms with van der Waals surface area (Å²) in [6.07, 6.45) is 2.68. The molecule has 0 spiro atoms. The second kappa shape index (κ2) is 6.20. The van der Waals surface area contributed by atoms with Crippen LogP contribution in [0.15, 0.2) is 17.5 Å². The van der Waals surface area contributed by atoms with E-state index in [1.807, 2.05) is 14.1 Å². The van der Waals surface area contributed by atoms with Gasteiger partial charge in [0.2, 0.25) is 0 Å². The predicted molar refractivity (Wildman–Crippen MR) is 84.5 cm³/mol. The molecule has 0 bridgehead atoms. The van der Waals surface area contributed by atoms with Gasteiger partial charge < -0.3 is 30.5 Å². The van der Waals surface area contributed by atoms with Gasteiger partial charge in [0.05, 0.1) is 36.6 Å². The lowest BCUT2D eigenvalue weighted by Gasteiger charge is -2.14. The fourth-order valence-corrected chi connectivity index (χ4v) is 2.75. The van der Waals surface area contributed by atoms with E-state index in [1.54, 1.807) is 17.4 Å². The molecule has 4 atom stereocenters. The molecular formula is C14H20N6O3. The summed E-state index contributed by atoms with van der Waals surface area (Å²) in [6.45, 7) is -0.259. The van der Waals surface area contributed by atoms with Crippen LogP contribution in [0.1, 0.15) is 11.6 Å². The molecule has 0 saturated carbocycles. The first-order valence-electron chi connectivity index (χ1n) is 7.28. The molecule has 9 nitrogen and oxygen atoms in total. The highest BCUT2D eigenvalue weighted by atomic mass is 16.3. The predicted octanol–water partition coefficient (Wildman–Crippen LogP) is -1.09. The van der Waals surface area contributed by atoms with Gasteiger partial charge in [-0.15, -0.1) is 0 Å². The molecule has 0 aliphatic carbocycles. The summed E-state index contributed by atoms with van der Waals surface area (Å²) in [5, 5.41) is 32.5. The van der Waals surface area contributed by atoms with Gasteiger partial charge >= 0.3 is 0 Å². The summed E-state index contributed by atoms with van der Waals surface area (Å²) in [5.74, 6) is 0.488. The van der Waals surface area contributed by atoms with Gasteiger partial charge in [-0.05, 0) is 0 Å². The number of aromatic nitrogens is 3. The average molecular weight is 320 g/mol. The van der Waals surface area contributed by atoms with E-state index in [4.69, 9.17) is 0 Å². The lowest BCUT2D eigenvalue weighted by Crippen LogP contribution is -2.35. The number of aliphatic imine (C=N–C) groups is 1. The maximum Gasteiger partial charge on any atom is 0.181 e. The molecule has 3 rings (SSSR count). The van der Waals surface area contributed by atoms with Crippen molar-refractivity contribution in [2.75, 3.05) is 20.7 Å². The Morgan fingerprint density at radius 2 is 2.09 bits per heavy atom. The van der Waals surface area contributed by atoms with Gasteiger partial charge in [0.25, 0.3) is 0 Å². The molecule has 0 aromatic carbocycles. The molecule has 2 aromatic heterocycles. The van der Waals surface area contributed by atoms with Gasteiger partial charge in [-0.1, -0.05) is 0 Å². The van der Waals surface area contributed by atoms with Crippen LogP contribution in [-0.2, 0) is 0 Å². The molecule has 0 amide bonds. The van der Waals surface area contributed by atoms with Crippen molar-refractivity contribution in [1.82, 2.24) is 25.2 Å². The van der Waals surface area contributed by atoms with Crippen LogP contribution in [0.4, 0.5) is 5.82 Å². The first kappa shape index (κ1) is 15.8. The molecule has 1 saturated heterocycles. The van der Waals surface area contributed by atoms with Crippen LogP contribution >= 0.6 is 0 Å². The summed E-state index contributed by atoms with van der Waals surface area (Å²) >= 11 is 0. The van der Waals surface area contributed by atoms with Crippen molar-refractivity contribution in [3.05, 3.63) is 18.1 Å². The Hall–Kier alpha value is -2.07. The minimum absolute atomic E-state index is 0.259. The molecular weight excluding hydrogens is 300 g/mol. The number of H-pyrrole nitrogens is 1. The fourth-order valence-electron chi connectivity index (χ4n) is 2.75. The summed E-state index contributed by atoms with van der Waals surface area (Å²) in [4.78, 5) is 17.6. The van der Waals surface area contributed by atoms with Crippen LogP contribution in [-0.4, -0.2) is 80.5 Å². The summed E-state index contributed by atoms with van der Waals surface area (Å²) < 4.78 is 0. The number of nitrogens with zero attached hydrogens (tertiary/aromatic N) is 4. The van der Waals surface area contributed by atoms with E-state index < -0.39 is 24.3 Å². The first-order valence-corrected chi connectivity index (χ1v) is 7.28. The van der Waals surface area contributed by atoms with E-state index in [0.717, 1.165) is 0 Å². The van der Waals surface area contributed by atoms with Gasteiger partial charge in [-0.25, -0.2) is 15.0 Å². The smallest absolute Gasteiger partial charge is 0.181 e. The third kappa shape index (κ3) is 2.79. The third-order valence-electron chi connectivity index (χ3n) is 3.91. The molecule has 2 aromatic rings. The van der Waals surface area contributed by atoms with Crippen LogP contribution < -0.4 is 5.32 Å². The van der Waals surface area contributed by atoms with Crippen LogP contribution in [0.25, 0.3) is 11.0 Å². The van der Waals surface area contributed by atoms with Crippen molar-refractivity contribution in [3.8, 4) is 0 Å². The Bertz CT molecular complexity index is 716. The normalized spacial score (nSPS) is 28.0. The zero-order valence-electron chi connectivity index (χ0n) is 12.9. The molecule has 124 valence electrons. The van der Waals surface area contributed by atoms with E-state index >= 15 is 0 Å². The Labute approximate surface area is 132 Å². The highest BCUT2D eigenvalue weighted by Gasteiger charge is 2.42. The first-order chi connectivity index (χ1) is 11.0. The van der Waals surface area contributed by atoms with Gasteiger partial charge in [-0.2, -0.15) is 0 Å². The van der Waals surface area contributed by atoms with Crippen molar-refractivity contribution in [1.29, 1.82) is 0 Å². The standard InChI is InChI=1S/C14H20N6O3/c1-20(2)6-18-14-11-9(16-5-17-14)7(3-15-11)10-13(23)12(22)8(4-21)19-10/h3,5-6,8,10,12-13,15,19,21-23H,4H2,1-2H3/t8-,10+,12-,13+/m1/s1. The van der Waals surface area contributed by atoms with Gasteiger partial charge in [0.1, 0.15) is 17.9 Å². The number of fused-ring (bicyclic) bond motifs is 1. The van der Waals surface area contributed by atoms with Crippen LogP contribution in [0.2, 0.25) is 0 Å². The number of aliphatic hydroxyl groups is 3. The largest absolute Gasteiger partial charge is 0.395 e. The van der Waals surface area contributed by atoms with Crippen molar-refractivity contribution >= 4 is 23.2 Å². The molecule has 0 radical (unpaired) electrons. The number of nitrogens with one attached hydrogen (secondary N) is 2. The van der Waals surface area contributed by atoms with Crippen molar-refractivity contribution < 1.29 is 15.3 Å². The number of aromatic amines is 1. The third-order valence-corrected chi connectivity index (χ3v) is 3.91. The Morgan fingerprint density at radius 3 is 2.74 bits per heavy atom. The lowest BCUT2D eigenvalue weighted by molar-refractivity contribution is 0.0196. The minimum Gasteiger partial charge on any atom is -0.395 e. The molecule has 5 N–H and O–H groups in total. The molecule has 9 heteroatoms. The molecule has 1 aliphatic heterocycles. The van der Waals surface area contributed by atoms with E-state index in [2.05, 4.69) is 25.3 Å². The number of rotatable bonds is 4. The highest BCUT2D eigenvalue weighted by molar-refractivity contribution is 5.88. The second-order valence-corrected chi connectivity index (χ2v) is 5.79. The van der Waals surface area contributed by atoms with Crippen molar-refractivity contribution in [2.45, 2.75) is 24.3 Å². The molecule has 3 heterocycles. The van der Waals surface area contributed by atoms with Crippen molar-refractivity contribution in [2.24, 2.45) is 4.99 Å². The monoisotopic (exact) mass is 320 g/mol. The quantitative estimate of drug-likeness (QED) is 0.357.